The number of rotatable bonds is 27. The van der Waals surface area contributed by atoms with Gasteiger partial charge in [0.15, 0.2) is 0 Å². The Morgan fingerprint density at radius 1 is 0.480 bits per heavy atom. The van der Waals surface area contributed by atoms with Crippen molar-refractivity contribution < 1.29 is 19.1 Å². The molecule has 0 aliphatic carbocycles. The SMILES string of the molecule is CCCCC1=C(c2cccc(CCCC)c2)[N+](=[N-])C(c2cccc(CCCC)c2)=C1C.CCCCCCCC[CH2][Ni][CH2]CCCCCCCC. The van der Waals surface area contributed by atoms with E-state index in [4.69, 9.17) is 0 Å². The molecule has 0 bridgehead atoms. The normalized spacial score (nSPS) is 13.0. The van der Waals surface area contributed by atoms with Crippen LogP contribution in [0.1, 0.15) is 199 Å². The van der Waals surface area contributed by atoms with Gasteiger partial charge in [0.2, 0.25) is 11.4 Å². The molecule has 0 radical (unpaired) electrons. The first-order valence-corrected chi connectivity index (χ1v) is 22.5. The molecule has 1 heterocycles. The molecule has 2 aromatic carbocycles. The van der Waals surface area contributed by atoms with Gasteiger partial charge < -0.3 is 5.53 Å². The average molecular weight is 728 g/mol. The number of hydrogen-bond acceptors (Lipinski definition) is 0. The molecule has 284 valence electrons. The molecule has 0 spiro atoms. The van der Waals surface area contributed by atoms with E-state index in [0.29, 0.717) is 0 Å². The van der Waals surface area contributed by atoms with Gasteiger partial charge in [0.1, 0.15) is 0 Å². The molecular formula is C47H76N2Ni. The first-order chi connectivity index (χ1) is 24.5. The second-order valence-corrected chi connectivity index (χ2v) is 16.0. The summed E-state index contributed by atoms with van der Waals surface area (Å²) in [5.41, 5.74) is 20.8. The molecule has 2 aromatic rings. The second-order valence-electron chi connectivity index (χ2n) is 14.5. The third-order valence-corrected chi connectivity index (χ3v) is 11.4. The molecule has 1 aliphatic rings. The molecule has 0 atom stereocenters. The zero-order chi connectivity index (χ0) is 36.2. The van der Waals surface area contributed by atoms with E-state index in [0.717, 1.165) is 54.6 Å². The number of hydrogen-bond donors (Lipinski definition) is 0. The van der Waals surface area contributed by atoms with Gasteiger partial charge in [0.05, 0.1) is 0 Å². The van der Waals surface area contributed by atoms with Crippen LogP contribution in [0.5, 0.6) is 0 Å². The second kappa shape index (κ2) is 28.6. The number of allylic oxidation sites excluding steroid dienone is 2. The molecule has 0 saturated heterocycles. The van der Waals surface area contributed by atoms with E-state index in [1.54, 1.807) is 0 Å². The summed E-state index contributed by atoms with van der Waals surface area (Å²) in [5, 5.41) is 2.85. The fraction of sp³-hybridized carbons (Fsp3) is 0.660. The average Bonchev–Trinajstić information content (AvgIpc) is 3.39. The maximum absolute atomic E-state index is 11.4. The van der Waals surface area contributed by atoms with Gasteiger partial charge in [-0.05, 0) is 80.8 Å². The molecule has 3 heteroatoms. The fourth-order valence-corrected chi connectivity index (χ4v) is 8.07. The summed E-state index contributed by atoms with van der Waals surface area (Å²) in [6.07, 6.45) is 30.5. The summed E-state index contributed by atoms with van der Waals surface area (Å²) in [7, 11) is 0. The molecule has 0 unspecified atom stereocenters. The zero-order valence-electron chi connectivity index (χ0n) is 33.5. The van der Waals surface area contributed by atoms with Crippen LogP contribution in [-0.2, 0) is 27.3 Å². The molecular weight excluding hydrogens is 651 g/mol. The number of aryl methyl sites for hydroxylation is 2. The summed E-state index contributed by atoms with van der Waals surface area (Å²) in [4.78, 5) is 0. The van der Waals surface area contributed by atoms with Crippen LogP contribution in [-0.4, -0.2) is 4.70 Å². The van der Waals surface area contributed by atoms with Crippen molar-refractivity contribution >= 4 is 11.4 Å². The topological polar surface area (TPSA) is 25.3 Å². The number of nitrogens with zero attached hydrogens (tertiary/aromatic N) is 2. The molecule has 0 aromatic heterocycles. The third kappa shape index (κ3) is 17.0. The van der Waals surface area contributed by atoms with Crippen LogP contribution < -0.4 is 0 Å². The van der Waals surface area contributed by atoms with Crippen molar-refractivity contribution in [2.24, 2.45) is 0 Å². The molecule has 0 saturated carbocycles. The van der Waals surface area contributed by atoms with Gasteiger partial charge in [0, 0.05) is 22.3 Å². The van der Waals surface area contributed by atoms with Crippen LogP contribution in [0.4, 0.5) is 0 Å². The predicted octanol–water partition coefficient (Wildman–Crippen LogP) is 16.2. The van der Waals surface area contributed by atoms with Crippen molar-refractivity contribution in [1.29, 1.82) is 0 Å². The summed E-state index contributed by atoms with van der Waals surface area (Å²) < 4.78 is 1.47. The van der Waals surface area contributed by atoms with Gasteiger partial charge in [-0.1, -0.05) is 64.3 Å². The van der Waals surface area contributed by atoms with E-state index in [-0.39, 0.29) is 0 Å². The van der Waals surface area contributed by atoms with Crippen molar-refractivity contribution in [2.45, 2.75) is 200 Å². The van der Waals surface area contributed by atoms with Crippen LogP contribution >= 0.6 is 0 Å². The van der Waals surface area contributed by atoms with E-state index >= 15 is 0 Å². The van der Waals surface area contributed by atoms with E-state index in [1.165, 1.54) is 153 Å². The van der Waals surface area contributed by atoms with Crippen molar-refractivity contribution in [2.75, 3.05) is 0 Å². The molecule has 0 amide bonds. The fourth-order valence-electron chi connectivity index (χ4n) is 6.83. The third-order valence-electron chi connectivity index (χ3n) is 9.99. The van der Waals surface area contributed by atoms with E-state index in [2.05, 4.69) is 90.1 Å². The monoisotopic (exact) mass is 727 g/mol. The summed E-state index contributed by atoms with van der Waals surface area (Å²) in [5.74, 6) is 0. The maximum atomic E-state index is 11.4. The van der Waals surface area contributed by atoms with Crippen LogP contribution in [0.15, 0.2) is 59.7 Å². The Labute approximate surface area is 316 Å². The molecule has 2 nitrogen and oxygen atoms in total. The minimum absolute atomic E-state index is 0.943. The van der Waals surface area contributed by atoms with Gasteiger partial charge in [-0.25, -0.2) is 4.70 Å². The Kier molecular flexibility index (Phi) is 25.3. The number of benzene rings is 2. The molecule has 3 rings (SSSR count). The minimum atomic E-state index is 0.943. The van der Waals surface area contributed by atoms with Crippen molar-refractivity contribution in [3.05, 3.63) is 87.5 Å². The molecule has 50 heavy (non-hydrogen) atoms. The van der Waals surface area contributed by atoms with Crippen molar-refractivity contribution in [1.82, 2.24) is 0 Å². The van der Waals surface area contributed by atoms with Gasteiger partial charge >= 0.3 is 129 Å². The quantitative estimate of drug-likeness (QED) is 0.0497. The Hall–Kier alpha value is -1.99. The van der Waals surface area contributed by atoms with Gasteiger partial charge in [0.25, 0.3) is 0 Å². The van der Waals surface area contributed by atoms with Crippen molar-refractivity contribution in [3.63, 3.8) is 0 Å². The van der Waals surface area contributed by atoms with E-state index in [1.807, 2.05) is 14.4 Å². The molecule has 0 N–H and O–H groups in total. The molecule has 0 fully saturated rings. The first-order valence-electron chi connectivity index (χ1n) is 21.1. The summed E-state index contributed by atoms with van der Waals surface area (Å²) in [6.45, 7) is 13.5. The van der Waals surface area contributed by atoms with Gasteiger partial charge in [-0.3, -0.25) is 0 Å². The standard InChI is InChI=1S/C29H38N2.2C9H19.Ni/c1-5-8-13-23-15-11-17-25(20-23)28-22(4)27(19-10-7-3)29(31(28)30)26-18-12-16-24(21-26)14-9-6-2;2*1-3-5-7-9-8-6-4-2;/h11-12,15-18,20-21H,5-10,13-14,19H2,1-4H3;2*1,3-9H2,2H3;. The Bertz CT molecular complexity index is 1240. The summed E-state index contributed by atoms with van der Waals surface area (Å²) in [6, 6.07) is 17.5. The Morgan fingerprint density at radius 2 is 0.880 bits per heavy atom. The van der Waals surface area contributed by atoms with Crippen LogP contribution in [0.25, 0.3) is 16.9 Å². The van der Waals surface area contributed by atoms with Gasteiger partial charge in [-0.15, -0.1) is 0 Å². The van der Waals surface area contributed by atoms with E-state index < -0.39 is 0 Å². The van der Waals surface area contributed by atoms with E-state index in [9.17, 15) is 5.53 Å². The summed E-state index contributed by atoms with van der Waals surface area (Å²) >= 11 is 2.01. The number of unbranched alkanes of at least 4 members (excludes halogenated alkanes) is 15. The van der Waals surface area contributed by atoms with Gasteiger partial charge in [-0.2, -0.15) is 0 Å². The van der Waals surface area contributed by atoms with Crippen LogP contribution in [0, 0.1) is 0 Å². The zero-order valence-corrected chi connectivity index (χ0v) is 34.5. The van der Waals surface area contributed by atoms with Crippen LogP contribution in [0.2, 0.25) is 10.8 Å². The Balaban J connectivity index is 0.000000394. The predicted molar refractivity (Wildman–Crippen MR) is 218 cm³/mol. The Morgan fingerprint density at radius 3 is 1.34 bits per heavy atom. The van der Waals surface area contributed by atoms with Crippen molar-refractivity contribution in [3.8, 4) is 0 Å². The molecule has 1 aliphatic heterocycles. The van der Waals surface area contributed by atoms with Crippen LogP contribution in [0.3, 0.4) is 0 Å². The first kappa shape index (κ1) is 44.2.